The molecule has 0 aliphatic rings. The van der Waals surface area contributed by atoms with Gasteiger partial charge in [-0.05, 0) is 55.7 Å². The first kappa shape index (κ1) is 16.5. The number of nitrogens with zero attached hydrogens (tertiary/aromatic N) is 3. The highest BCUT2D eigenvalue weighted by atomic mass is 32.2. The largest absolute Gasteiger partial charge is 0.494 e. The molecule has 0 N–H and O–H groups in total. The van der Waals surface area contributed by atoms with Gasteiger partial charge in [-0.15, -0.1) is 10.2 Å². The third-order valence-electron chi connectivity index (χ3n) is 3.38. The predicted octanol–water partition coefficient (Wildman–Crippen LogP) is 4.26. The lowest BCUT2D eigenvalue weighted by Crippen LogP contribution is -1.90. The summed E-state index contributed by atoms with van der Waals surface area (Å²) in [4.78, 5) is 4.12. The van der Waals surface area contributed by atoms with E-state index in [0.29, 0.717) is 17.7 Å². The van der Waals surface area contributed by atoms with Gasteiger partial charge in [0.15, 0.2) is 0 Å². The van der Waals surface area contributed by atoms with Crippen molar-refractivity contribution in [2.45, 2.75) is 25.0 Å². The maximum atomic E-state index is 5.71. The quantitative estimate of drug-likeness (QED) is 0.451. The Balaban J connectivity index is 1.50. The van der Waals surface area contributed by atoms with E-state index >= 15 is 0 Å². The van der Waals surface area contributed by atoms with Gasteiger partial charge in [-0.3, -0.25) is 4.98 Å². The summed E-state index contributed by atoms with van der Waals surface area (Å²) >= 11 is 1.58. The molecule has 3 aromatic rings. The summed E-state index contributed by atoms with van der Waals surface area (Å²) in [6.07, 6.45) is 5.73. The van der Waals surface area contributed by atoms with E-state index < -0.39 is 0 Å². The fourth-order valence-electron chi connectivity index (χ4n) is 2.23. The molecule has 3 rings (SSSR count). The molecule has 0 aliphatic carbocycles. The highest BCUT2D eigenvalue weighted by Crippen LogP contribution is 2.25. The molecule has 0 fully saturated rings. The van der Waals surface area contributed by atoms with Crippen LogP contribution in [0, 0.1) is 0 Å². The highest BCUT2D eigenvalue weighted by Gasteiger charge is 2.09. The van der Waals surface area contributed by atoms with E-state index in [1.165, 1.54) is 5.56 Å². The van der Waals surface area contributed by atoms with Crippen molar-refractivity contribution in [2.75, 3.05) is 12.4 Å². The van der Waals surface area contributed by atoms with Gasteiger partial charge in [-0.25, -0.2) is 0 Å². The van der Waals surface area contributed by atoms with E-state index in [9.17, 15) is 0 Å². The van der Waals surface area contributed by atoms with Crippen LogP contribution in [-0.2, 0) is 6.42 Å². The molecule has 0 saturated heterocycles. The molecule has 0 spiro atoms. The van der Waals surface area contributed by atoms with Gasteiger partial charge in [0.05, 0.1) is 6.61 Å². The molecule has 0 radical (unpaired) electrons. The first-order valence-electron chi connectivity index (χ1n) is 7.93. The van der Waals surface area contributed by atoms with E-state index in [0.717, 1.165) is 29.9 Å². The first-order chi connectivity index (χ1) is 11.8. The predicted molar refractivity (Wildman–Crippen MR) is 94.2 cm³/mol. The summed E-state index contributed by atoms with van der Waals surface area (Å²) in [6.45, 7) is 2.61. The van der Waals surface area contributed by atoms with Crippen molar-refractivity contribution in [3.05, 3.63) is 54.4 Å². The molecule has 0 aliphatic heterocycles. The molecule has 0 amide bonds. The van der Waals surface area contributed by atoms with Crippen molar-refractivity contribution in [3.8, 4) is 17.2 Å². The fourth-order valence-corrected chi connectivity index (χ4v) is 2.93. The summed E-state index contributed by atoms with van der Waals surface area (Å²) in [5.74, 6) is 2.30. The average molecular weight is 341 g/mol. The van der Waals surface area contributed by atoms with Gasteiger partial charge in [0.1, 0.15) is 5.75 Å². The summed E-state index contributed by atoms with van der Waals surface area (Å²) in [6, 6.07) is 11.7. The van der Waals surface area contributed by atoms with Crippen LogP contribution in [0.1, 0.15) is 18.9 Å². The van der Waals surface area contributed by atoms with Gasteiger partial charge >= 0.3 is 0 Å². The second kappa shape index (κ2) is 8.49. The molecule has 2 heterocycles. The molecular weight excluding hydrogens is 322 g/mol. The Morgan fingerprint density at radius 3 is 2.75 bits per heavy atom. The molecule has 5 nitrogen and oxygen atoms in total. The molecule has 0 saturated carbocycles. The molecule has 2 aromatic heterocycles. The third kappa shape index (κ3) is 4.58. The minimum atomic E-state index is 0.535. The van der Waals surface area contributed by atoms with Crippen molar-refractivity contribution in [3.63, 3.8) is 0 Å². The second-order valence-corrected chi connectivity index (χ2v) is 6.19. The van der Waals surface area contributed by atoms with Crippen LogP contribution in [0.5, 0.6) is 5.75 Å². The third-order valence-corrected chi connectivity index (χ3v) is 4.28. The summed E-state index contributed by atoms with van der Waals surface area (Å²) in [7, 11) is 0. The normalized spacial score (nSPS) is 10.7. The summed E-state index contributed by atoms with van der Waals surface area (Å²) in [5, 5.41) is 8.81. The van der Waals surface area contributed by atoms with E-state index in [1.807, 2.05) is 43.5 Å². The number of aryl methyl sites for hydroxylation is 1. The molecule has 0 atom stereocenters. The standard InChI is InChI=1S/C18H19N3O2S/c1-2-22-16-9-7-15(8-10-16)17-20-21-18(23-17)24-12-4-6-14-5-3-11-19-13-14/h3,5,7-11,13H,2,4,6,12H2,1H3. The Labute approximate surface area is 145 Å². The van der Waals surface area contributed by atoms with Gasteiger partial charge in [0.2, 0.25) is 5.89 Å². The molecule has 6 heteroatoms. The summed E-state index contributed by atoms with van der Waals surface area (Å²) in [5.41, 5.74) is 2.15. The molecule has 24 heavy (non-hydrogen) atoms. The Morgan fingerprint density at radius 2 is 2.00 bits per heavy atom. The number of thioether (sulfide) groups is 1. The number of aromatic nitrogens is 3. The lowest BCUT2D eigenvalue weighted by molar-refractivity contribution is 0.340. The maximum absolute atomic E-state index is 5.71. The molecule has 0 unspecified atom stereocenters. The van der Waals surface area contributed by atoms with Crippen LogP contribution in [0.15, 0.2) is 58.4 Å². The Morgan fingerprint density at radius 1 is 1.12 bits per heavy atom. The van der Waals surface area contributed by atoms with Crippen molar-refractivity contribution in [2.24, 2.45) is 0 Å². The minimum Gasteiger partial charge on any atom is -0.494 e. The van der Waals surface area contributed by atoms with Gasteiger partial charge in [0, 0.05) is 23.7 Å². The topological polar surface area (TPSA) is 61.0 Å². The molecular formula is C18H19N3O2S. The number of rotatable bonds is 8. The molecule has 1 aromatic carbocycles. The second-order valence-electron chi connectivity index (χ2n) is 5.14. The van der Waals surface area contributed by atoms with Gasteiger partial charge in [0.25, 0.3) is 5.22 Å². The number of ether oxygens (including phenoxy) is 1. The average Bonchev–Trinajstić information content (AvgIpc) is 3.10. The minimum absolute atomic E-state index is 0.535. The van der Waals surface area contributed by atoms with Gasteiger partial charge in [-0.1, -0.05) is 17.8 Å². The number of hydrogen-bond acceptors (Lipinski definition) is 6. The monoisotopic (exact) mass is 341 g/mol. The first-order valence-corrected chi connectivity index (χ1v) is 8.92. The van der Waals surface area contributed by atoms with Crippen LogP contribution < -0.4 is 4.74 Å². The maximum Gasteiger partial charge on any atom is 0.276 e. The van der Waals surface area contributed by atoms with Crippen LogP contribution in [0.25, 0.3) is 11.5 Å². The van der Waals surface area contributed by atoms with Crippen molar-refractivity contribution in [1.29, 1.82) is 0 Å². The Kier molecular flexibility index (Phi) is 5.85. The SMILES string of the molecule is CCOc1ccc(-c2nnc(SCCCc3cccnc3)o2)cc1. The van der Waals surface area contributed by atoms with Crippen LogP contribution in [-0.4, -0.2) is 27.5 Å². The zero-order chi connectivity index (χ0) is 16.6. The van der Waals surface area contributed by atoms with Gasteiger partial charge < -0.3 is 9.15 Å². The van der Waals surface area contributed by atoms with Crippen LogP contribution in [0.3, 0.4) is 0 Å². The van der Waals surface area contributed by atoms with Crippen molar-refractivity contribution in [1.82, 2.24) is 15.2 Å². The fraction of sp³-hybridized carbons (Fsp3) is 0.278. The van der Waals surface area contributed by atoms with E-state index in [4.69, 9.17) is 9.15 Å². The number of hydrogen-bond donors (Lipinski definition) is 0. The zero-order valence-corrected chi connectivity index (χ0v) is 14.3. The van der Waals surface area contributed by atoms with Crippen molar-refractivity contribution >= 4 is 11.8 Å². The van der Waals surface area contributed by atoms with Crippen molar-refractivity contribution < 1.29 is 9.15 Å². The summed E-state index contributed by atoms with van der Waals surface area (Å²) < 4.78 is 11.1. The number of benzene rings is 1. The lowest BCUT2D eigenvalue weighted by Gasteiger charge is -2.02. The van der Waals surface area contributed by atoms with Crippen LogP contribution >= 0.6 is 11.8 Å². The Hall–Kier alpha value is -2.34. The van der Waals surface area contributed by atoms with Gasteiger partial charge in [-0.2, -0.15) is 0 Å². The molecule has 0 bridgehead atoms. The smallest absolute Gasteiger partial charge is 0.276 e. The lowest BCUT2D eigenvalue weighted by atomic mass is 10.2. The number of pyridine rings is 1. The highest BCUT2D eigenvalue weighted by molar-refractivity contribution is 7.99. The van der Waals surface area contributed by atoms with Crippen LogP contribution in [0.2, 0.25) is 0 Å². The molecule has 124 valence electrons. The Bertz CT molecular complexity index is 744. The zero-order valence-electron chi connectivity index (χ0n) is 13.5. The van der Waals surface area contributed by atoms with E-state index in [1.54, 1.807) is 18.0 Å². The van der Waals surface area contributed by atoms with E-state index in [2.05, 4.69) is 21.2 Å². The van der Waals surface area contributed by atoms with Crippen LogP contribution in [0.4, 0.5) is 0 Å². The van der Waals surface area contributed by atoms with E-state index in [-0.39, 0.29) is 0 Å².